The summed E-state index contributed by atoms with van der Waals surface area (Å²) < 4.78 is 6.37. The van der Waals surface area contributed by atoms with E-state index in [4.69, 9.17) is 4.43 Å². The summed E-state index contributed by atoms with van der Waals surface area (Å²) in [6.07, 6.45) is 10.6. The minimum Gasteiger partial charge on any atom is -0.413 e. The number of rotatable bonds is 7. The van der Waals surface area contributed by atoms with E-state index in [2.05, 4.69) is 47.3 Å². The largest absolute Gasteiger partial charge is 0.413 e. The molecule has 4 atom stereocenters. The predicted octanol–water partition coefficient (Wildman–Crippen LogP) is 6.60. The van der Waals surface area contributed by atoms with E-state index >= 15 is 0 Å². The molecule has 3 heteroatoms. The summed E-state index contributed by atoms with van der Waals surface area (Å²) in [4.78, 5) is 12.5. The third-order valence-corrected chi connectivity index (χ3v) is 8.05. The van der Waals surface area contributed by atoms with Crippen LogP contribution in [0.1, 0.15) is 85.5 Å². The van der Waals surface area contributed by atoms with Crippen LogP contribution in [0.5, 0.6) is 0 Å². The van der Waals surface area contributed by atoms with Gasteiger partial charge in [-0.3, -0.25) is 4.79 Å². The van der Waals surface area contributed by atoms with Gasteiger partial charge in [-0.1, -0.05) is 33.1 Å². The summed E-state index contributed by atoms with van der Waals surface area (Å²) in [5.74, 6) is 2.38. The average Bonchev–Trinajstić information content (AvgIpc) is 2.43. The van der Waals surface area contributed by atoms with Crippen molar-refractivity contribution >= 4 is 14.1 Å². The Morgan fingerprint density at radius 1 is 1.24 bits per heavy atom. The fraction of sp³-hybridized carbons (Fsp3) is 0.955. The fourth-order valence-electron chi connectivity index (χ4n) is 6.03. The van der Waals surface area contributed by atoms with Gasteiger partial charge in [0.1, 0.15) is 5.78 Å². The highest BCUT2D eigenvalue weighted by atomic mass is 28.4. The molecule has 0 N–H and O–H groups in total. The first-order valence-corrected chi connectivity index (χ1v) is 14.1. The first kappa shape index (κ1) is 21.2. The molecular weight excluding hydrogens is 324 g/mol. The Morgan fingerprint density at radius 3 is 2.56 bits per heavy atom. The number of Topliss-reactive ketones (excluding diaryl/α,β-unsaturated/α-hetero) is 1. The molecule has 0 aromatic heterocycles. The second-order valence-corrected chi connectivity index (χ2v) is 15.2. The zero-order valence-corrected chi connectivity index (χ0v) is 18.9. The Hall–Kier alpha value is -0.153. The van der Waals surface area contributed by atoms with E-state index in [9.17, 15) is 4.79 Å². The maximum Gasteiger partial charge on any atom is 0.184 e. The van der Waals surface area contributed by atoms with Gasteiger partial charge in [0.2, 0.25) is 0 Å². The van der Waals surface area contributed by atoms with Gasteiger partial charge in [0.15, 0.2) is 8.32 Å². The summed E-state index contributed by atoms with van der Waals surface area (Å²) in [7, 11) is -1.48. The van der Waals surface area contributed by atoms with Gasteiger partial charge in [0, 0.05) is 12.3 Å². The lowest BCUT2D eigenvalue weighted by Gasteiger charge is -2.52. The molecule has 0 unspecified atom stereocenters. The summed E-state index contributed by atoms with van der Waals surface area (Å²) in [6, 6.07) is 0. The van der Waals surface area contributed by atoms with Crippen molar-refractivity contribution < 1.29 is 9.22 Å². The van der Waals surface area contributed by atoms with Crippen LogP contribution in [0.15, 0.2) is 0 Å². The molecule has 25 heavy (non-hydrogen) atoms. The summed E-state index contributed by atoms with van der Waals surface area (Å²) in [6.45, 7) is 16.2. The molecule has 2 nitrogen and oxygen atoms in total. The van der Waals surface area contributed by atoms with Crippen molar-refractivity contribution in [2.45, 2.75) is 111 Å². The van der Waals surface area contributed by atoms with E-state index in [0.717, 1.165) is 37.5 Å². The number of ketones is 1. The number of hydrogen-bond acceptors (Lipinski definition) is 2. The van der Waals surface area contributed by atoms with Crippen molar-refractivity contribution in [3.63, 3.8) is 0 Å². The van der Waals surface area contributed by atoms with Crippen LogP contribution in [-0.2, 0) is 9.22 Å². The lowest BCUT2D eigenvalue weighted by Crippen LogP contribution is -2.47. The van der Waals surface area contributed by atoms with Gasteiger partial charge in [-0.2, -0.15) is 0 Å². The Balaban J connectivity index is 1.91. The third-order valence-electron chi connectivity index (χ3n) is 6.89. The maximum absolute atomic E-state index is 12.5. The molecule has 0 heterocycles. The Kier molecular flexibility index (Phi) is 6.63. The molecule has 0 aromatic rings. The topological polar surface area (TPSA) is 26.3 Å². The zero-order chi connectivity index (χ0) is 18.9. The molecule has 2 saturated carbocycles. The van der Waals surface area contributed by atoms with E-state index in [1.165, 1.54) is 32.1 Å². The van der Waals surface area contributed by atoms with E-state index in [0.29, 0.717) is 11.7 Å². The summed E-state index contributed by atoms with van der Waals surface area (Å²) in [5, 5.41) is 0. The molecule has 2 aliphatic rings. The quantitative estimate of drug-likeness (QED) is 0.474. The molecule has 0 aromatic carbocycles. The minimum absolute atomic E-state index is 0.00397. The lowest BCUT2D eigenvalue weighted by molar-refractivity contribution is -0.137. The highest BCUT2D eigenvalue weighted by molar-refractivity contribution is 6.69. The van der Waals surface area contributed by atoms with Gasteiger partial charge in [-0.15, -0.1) is 0 Å². The molecular formula is C22H42O2Si. The molecule has 0 bridgehead atoms. The van der Waals surface area contributed by atoms with Gasteiger partial charge >= 0.3 is 0 Å². The van der Waals surface area contributed by atoms with Crippen LogP contribution in [0.3, 0.4) is 0 Å². The SMILES string of the molecule is C[C@H](CCCC(C)(C)O[Si](C)(C)C)[C@H]1CCC[C@H]2C(=O)CCC[C@]12C. The number of carbonyl (C=O) groups is 1. The summed E-state index contributed by atoms with van der Waals surface area (Å²) in [5.41, 5.74) is 0.279. The average molecular weight is 367 g/mol. The van der Waals surface area contributed by atoms with Crippen LogP contribution < -0.4 is 0 Å². The molecule has 2 rings (SSSR count). The van der Waals surface area contributed by atoms with E-state index in [-0.39, 0.29) is 11.0 Å². The summed E-state index contributed by atoms with van der Waals surface area (Å²) >= 11 is 0. The van der Waals surface area contributed by atoms with Gasteiger partial charge < -0.3 is 4.43 Å². The second kappa shape index (κ2) is 7.84. The standard InChI is InChI=1S/C22H42O2Si/c1-17(11-9-15-21(2,3)24-25(5,6)7)18-12-8-13-19-20(23)14-10-16-22(18,19)4/h17-19H,8-16H2,1-7H3/t17-,18-,19+,22-/m1/s1. The van der Waals surface area contributed by atoms with Gasteiger partial charge in [-0.05, 0) is 82.8 Å². The van der Waals surface area contributed by atoms with Crippen molar-refractivity contribution in [3.05, 3.63) is 0 Å². The van der Waals surface area contributed by atoms with Crippen molar-refractivity contribution in [1.29, 1.82) is 0 Å². The van der Waals surface area contributed by atoms with Crippen molar-refractivity contribution in [1.82, 2.24) is 0 Å². The second-order valence-electron chi connectivity index (χ2n) is 10.8. The number of hydrogen-bond donors (Lipinski definition) is 0. The van der Waals surface area contributed by atoms with Crippen molar-refractivity contribution in [2.75, 3.05) is 0 Å². The monoisotopic (exact) mass is 366 g/mol. The van der Waals surface area contributed by atoms with Crippen LogP contribution in [0.25, 0.3) is 0 Å². The molecule has 0 amide bonds. The Bertz CT molecular complexity index is 465. The van der Waals surface area contributed by atoms with E-state index in [1.807, 2.05) is 0 Å². The first-order valence-electron chi connectivity index (χ1n) is 10.7. The van der Waals surface area contributed by atoms with E-state index < -0.39 is 8.32 Å². The smallest absolute Gasteiger partial charge is 0.184 e. The van der Waals surface area contributed by atoms with Crippen molar-refractivity contribution in [2.24, 2.45) is 23.2 Å². The molecule has 146 valence electrons. The zero-order valence-electron chi connectivity index (χ0n) is 17.9. The van der Waals surface area contributed by atoms with Crippen LogP contribution in [0, 0.1) is 23.2 Å². The van der Waals surface area contributed by atoms with Crippen LogP contribution in [-0.4, -0.2) is 19.7 Å². The third kappa shape index (κ3) is 5.41. The highest BCUT2D eigenvalue weighted by Crippen LogP contribution is 2.55. The minimum atomic E-state index is -1.48. The molecule has 0 saturated heterocycles. The Labute approximate surface area is 157 Å². The number of fused-ring (bicyclic) bond motifs is 1. The van der Waals surface area contributed by atoms with Crippen LogP contribution >= 0.6 is 0 Å². The highest BCUT2D eigenvalue weighted by Gasteiger charge is 2.49. The molecule has 2 aliphatic carbocycles. The van der Waals surface area contributed by atoms with Crippen molar-refractivity contribution in [3.8, 4) is 0 Å². The van der Waals surface area contributed by atoms with Gasteiger partial charge in [0.25, 0.3) is 0 Å². The molecule has 2 fully saturated rings. The lowest BCUT2D eigenvalue weighted by atomic mass is 9.52. The number of carbonyl (C=O) groups excluding carboxylic acids is 1. The predicted molar refractivity (Wildman–Crippen MR) is 109 cm³/mol. The first-order chi connectivity index (χ1) is 11.4. The Morgan fingerprint density at radius 2 is 1.92 bits per heavy atom. The van der Waals surface area contributed by atoms with E-state index in [1.54, 1.807) is 0 Å². The van der Waals surface area contributed by atoms with Gasteiger partial charge in [0.05, 0.1) is 5.60 Å². The van der Waals surface area contributed by atoms with Crippen LogP contribution in [0.4, 0.5) is 0 Å². The molecule has 0 spiro atoms. The normalized spacial score (nSPS) is 32.4. The fourth-order valence-corrected chi connectivity index (χ4v) is 7.79. The molecule has 0 radical (unpaired) electrons. The van der Waals surface area contributed by atoms with Gasteiger partial charge in [-0.25, -0.2) is 0 Å². The molecule has 0 aliphatic heterocycles. The van der Waals surface area contributed by atoms with Crippen LogP contribution in [0.2, 0.25) is 19.6 Å². The maximum atomic E-state index is 12.5.